The normalized spacial score (nSPS) is 11.4. The van der Waals surface area contributed by atoms with Gasteiger partial charge in [0.25, 0.3) is 0 Å². The first kappa shape index (κ1) is 13.4. The molecule has 0 aromatic carbocycles. The molecule has 0 atom stereocenters. The monoisotopic (exact) mass is 204 g/mol. The van der Waals surface area contributed by atoms with Crippen LogP contribution in [0.4, 0.5) is 0 Å². The van der Waals surface area contributed by atoms with Crippen molar-refractivity contribution in [3.05, 3.63) is 0 Å². The lowest BCUT2D eigenvalue weighted by Gasteiger charge is -2.16. The molecule has 4 heteroatoms. The molecule has 0 saturated heterocycles. The Hall–Kier alpha value is -0.610. The summed E-state index contributed by atoms with van der Waals surface area (Å²) in [6.07, 6.45) is 0.700. The molecule has 0 aromatic rings. The molecule has 0 spiro atoms. The van der Waals surface area contributed by atoms with E-state index < -0.39 is 5.41 Å². The van der Waals surface area contributed by atoms with Crippen molar-refractivity contribution in [3.8, 4) is 0 Å². The number of esters is 1. The van der Waals surface area contributed by atoms with Gasteiger partial charge in [-0.05, 0) is 20.8 Å². The van der Waals surface area contributed by atoms with E-state index in [4.69, 9.17) is 14.2 Å². The van der Waals surface area contributed by atoms with Gasteiger partial charge in [0.2, 0.25) is 0 Å². The van der Waals surface area contributed by atoms with Gasteiger partial charge in [0, 0.05) is 13.5 Å². The molecule has 0 aliphatic heterocycles. The van der Waals surface area contributed by atoms with Gasteiger partial charge in [-0.15, -0.1) is 0 Å². The van der Waals surface area contributed by atoms with Crippen LogP contribution < -0.4 is 0 Å². The van der Waals surface area contributed by atoms with Crippen LogP contribution in [0.2, 0.25) is 0 Å². The fourth-order valence-electron chi connectivity index (χ4n) is 0.685. The number of ether oxygens (including phenoxy) is 3. The van der Waals surface area contributed by atoms with Crippen LogP contribution in [0.15, 0.2) is 0 Å². The molecular weight excluding hydrogens is 184 g/mol. The molecular formula is C10H20O4. The van der Waals surface area contributed by atoms with Crippen LogP contribution in [0.5, 0.6) is 0 Å². The molecule has 0 aliphatic rings. The number of carbonyl (C=O) groups is 1. The molecule has 0 unspecified atom stereocenters. The van der Waals surface area contributed by atoms with E-state index in [1.165, 1.54) is 0 Å². The van der Waals surface area contributed by atoms with Gasteiger partial charge >= 0.3 is 5.97 Å². The summed E-state index contributed by atoms with van der Waals surface area (Å²) in [5.74, 6) is -0.177. The van der Waals surface area contributed by atoms with Gasteiger partial charge in [-0.25, -0.2) is 0 Å². The molecule has 0 aliphatic carbocycles. The Bertz CT molecular complexity index is 160. The van der Waals surface area contributed by atoms with Crippen molar-refractivity contribution in [1.29, 1.82) is 0 Å². The highest BCUT2D eigenvalue weighted by atomic mass is 16.7. The maximum absolute atomic E-state index is 11.3. The minimum absolute atomic E-state index is 0.177. The number of hydrogen-bond donors (Lipinski definition) is 0. The summed E-state index contributed by atoms with van der Waals surface area (Å²) in [4.78, 5) is 11.3. The van der Waals surface area contributed by atoms with Crippen LogP contribution in [0.25, 0.3) is 0 Å². The zero-order valence-electron chi connectivity index (χ0n) is 9.46. The van der Waals surface area contributed by atoms with Gasteiger partial charge in [0.1, 0.15) is 6.79 Å². The fourth-order valence-corrected chi connectivity index (χ4v) is 0.685. The summed E-state index contributed by atoms with van der Waals surface area (Å²) in [5, 5.41) is 0. The molecule has 0 rings (SSSR count). The standard InChI is InChI=1S/C10H20O4/c1-10(2,3)9(11)14-7-5-6-13-8-12-4/h5-8H2,1-4H3. The fraction of sp³-hybridized carbons (Fsp3) is 0.900. The first-order valence-electron chi connectivity index (χ1n) is 4.72. The topological polar surface area (TPSA) is 44.8 Å². The largest absolute Gasteiger partial charge is 0.465 e. The van der Waals surface area contributed by atoms with Crippen molar-refractivity contribution in [2.24, 2.45) is 5.41 Å². The highest BCUT2D eigenvalue weighted by Crippen LogP contribution is 2.14. The summed E-state index contributed by atoms with van der Waals surface area (Å²) in [5.41, 5.74) is -0.423. The lowest BCUT2D eigenvalue weighted by Crippen LogP contribution is -2.23. The van der Waals surface area contributed by atoms with E-state index in [2.05, 4.69) is 0 Å². The van der Waals surface area contributed by atoms with Crippen LogP contribution >= 0.6 is 0 Å². The predicted molar refractivity (Wildman–Crippen MR) is 52.9 cm³/mol. The first-order chi connectivity index (χ1) is 6.48. The molecule has 84 valence electrons. The number of carbonyl (C=O) groups excluding carboxylic acids is 1. The molecule has 0 bridgehead atoms. The summed E-state index contributed by atoms with van der Waals surface area (Å²) in [7, 11) is 1.57. The Morgan fingerprint density at radius 3 is 2.36 bits per heavy atom. The second kappa shape index (κ2) is 6.79. The molecule has 0 heterocycles. The summed E-state index contributed by atoms with van der Waals surface area (Å²) in [6.45, 7) is 6.72. The lowest BCUT2D eigenvalue weighted by atomic mass is 9.97. The van der Waals surface area contributed by atoms with Gasteiger partial charge in [-0.2, -0.15) is 0 Å². The van der Waals surface area contributed by atoms with Gasteiger partial charge in [-0.1, -0.05) is 0 Å². The average Bonchev–Trinajstić information content (AvgIpc) is 2.09. The van der Waals surface area contributed by atoms with E-state index in [0.717, 1.165) is 0 Å². The van der Waals surface area contributed by atoms with E-state index in [1.807, 2.05) is 20.8 Å². The number of rotatable bonds is 6. The average molecular weight is 204 g/mol. The van der Waals surface area contributed by atoms with E-state index in [-0.39, 0.29) is 12.8 Å². The zero-order chi connectivity index (χ0) is 11.0. The minimum Gasteiger partial charge on any atom is -0.465 e. The molecule has 0 saturated carbocycles. The van der Waals surface area contributed by atoms with Crippen molar-refractivity contribution in [2.45, 2.75) is 27.2 Å². The van der Waals surface area contributed by atoms with E-state index >= 15 is 0 Å². The van der Waals surface area contributed by atoms with Crippen LogP contribution in [-0.2, 0) is 19.0 Å². The quantitative estimate of drug-likeness (QED) is 0.374. The molecule has 4 nitrogen and oxygen atoms in total. The van der Waals surface area contributed by atoms with Crippen LogP contribution in [-0.4, -0.2) is 33.1 Å². The van der Waals surface area contributed by atoms with Crippen LogP contribution in [0.3, 0.4) is 0 Å². The molecule has 0 aromatic heterocycles. The predicted octanol–water partition coefficient (Wildman–Crippen LogP) is 1.59. The van der Waals surface area contributed by atoms with Crippen LogP contribution in [0, 0.1) is 5.41 Å². The highest BCUT2D eigenvalue weighted by molar-refractivity contribution is 5.75. The molecule has 0 N–H and O–H groups in total. The third-order valence-electron chi connectivity index (χ3n) is 1.48. The Balaban J connectivity index is 3.33. The Labute approximate surface area is 85.5 Å². The zero-order valence-corrected chi connectivity index (χ0v) is 9.46. The lowest BCUT2D eigenvalue weighted by molar-refractivity contribution is -0.153. The highest BCUT2D eigenvalue weighted by Gasteiger charge is 2.22. The summed E-state index contributed by atoms with van der Waals surface area (Å²) >= 11 is 0. The van der Waals surface area contributed by atoms with E-state index in [0.29, 0.717) is 19.6 Å². The van der Waals surface area contributed by atoms with Crippen LogP contribution in [0.1, 0.15) is 27.2 Å². The summed E-state index contributed by atoms with van der Waals surface area (Å²) in [6, 6.07) is 0. The van der Waals surface area contributed by atoms with Crippen molar-refractivity contribution in [2.75, 3.05) is 27.1 Å². The smallest absolute Gasteiger partial charge is 0.311 e. The van der Waals surface area contributed by atoms with Gasteiger partial charge in [0.15, 0.2) is 0 Å². The molecule has 0 amide bonds. The molecule has 0 fully saturated rings. The minimum atomic E-state index is -0.423. The maximum atomic E-state index is 11.3. The SMILES string of the molecule is COCOCCCOC(=O)C(C)(C)C. The Kier molecular flexibility index (Phi) is 6.49. The van der Waals surface area contributed by atoms with Crippen molar-refractivity contribution >= 4 is 5.97 Å². The molecule has 14 heavy (non-hydrogen) atoms. The Morgan fingerprint density at radius 1 is 1.21 bits per heavy atom. The second-order valence-corrected chi connectivity index (χ2v) is 4.05. The maximum Gasteiger partial charge on any atom is 0.311 e. The van der Waals surface area contributed by atoms with Crippen molar-refractivity contribution in [1.82, 2.24) is 0 Å². The first-order valence-corrected chi connectivity index (χ1v) is 4.72. The second-order valence-electron chi connectivity index (χ2n) is 4.05. The third kappa shape index (κ3) is 6.86. The number of hydrogen-bond acceptors (Lipinski definition) is 4. The van der Waals surface area contributed by atoms with Crippen molar-refractivity contribution in [3.63, 3.8) is 0 Å². The van der Waals surface area contributed by atoms with E-state index in [1.54, 1.807) is 7.11 Å². The van der Waals surface area contributed by atoms with Gasteiger partial charge < -0.3 is 14.2 Å². The van der Waals surface area contributed by atoms with Crippen molar-refractivity contribution < 1.29 is 19.0 Å². The summed E-state index contributed by atoms with van der Waals surface area (Å²) < 4.78 is 14.8. The van der Waals surface area contributed by atoms with E-state index in [9.17, 15) is 4.79 Å². The third-order valence-corrected chi connectivity index (χ3v) is 1.48. The van der Waals surface area contributed by atoms with Gasteiger partial charge in [-0.3, -0.25) is 4.79 Å². The molecule has 0 radical (unpaired) electrons. The Morgan fingerprint density at radius 2 is 1.86 bits per heavy atom. The number of methoxy groups -OCH3 is 1. The van der Waals surface area contributed by atoms with Gasteiger partial charge in [0.05, 0.1) is 18.6 Å².